The molecule has 9 aromatic carbocycles. The third kappa shape index (κ3) is 5.75. The molecule has 0 fully saturated rings. The molecule has 0 saturated heterocycles. The van der Waals surface area contributed by atoms with E-state index in [-0.39, 0.29) is 0 Å². The van der Waals surface area contributed by atoms with E-state index in [9.17, 15) is 0 Å². The molecule has 0 N–H and O–H groups in total. The lowest BCUT2D eigenvalue weighted by molar-refractivity contribution is 0.669. The van der Waals surface area contributed by atoms with Crippen molar-refractivity contribution < 1.29 is 8.83 Å². The molecule has 0 spiro atoms. The highest BCUT2D eigenvalue weighted by Gasteiger charge is 2.22. The van der Waals surface area contributed by atoms with Crippen LogP contribution in [0.25, 0.3) is 122 Å². The monoisotopic (exact) mass is 767 g/mol. The van der Waals surface area contributed by atoms with E-state index in [1.165, 1.54) is 5.56 Å². The van der Waals surface area contributed by atoms with E-state index >= 15 is 0 Å². The number of furan rings is 2. The van der Waals surface area contributed by atoms with Crippen molar-refractivity contribution in [1.29, 1.82) is 0 Å². The highest BCUT2D eigenvalue weighted by molar-refractivity contribution is 6.18. The SMILES string of the molecule is c1ccc(-c2ccc(-c3nc(-c4ccc5c(c4)oc4ccccc45)nc(-c4ccc(-c5ccc(-c6ccccc6)cc5)c5oc6cc7ccccc7cc6c45)n3)cc2)cc1. The van der Waals surface area contributed by atoms with Crippen LogP contribution in [0.1, 0.15) is 0 Å². The summed E-state index contributed by atoms with van der Waals surface area (Å²) in [6.45, 7) is 0. The molecule has 3 heterocycles. The summed E-state index contributed by atoms with van der Waals surface area (Å²) >= 11 is 0. The van der Waals surface area contributed by atoms with E-state index in [0.29, 0.717) is 17.5 Å². The van der Waals surface area contributed by atoms with Crippen molar-refractivity contribution in [2.24, 2.45) is 0 Å². The van der Waals surface area contributed by atoms with Gasteiger partial charge in [0, 0.05) is 43.8 Å². The minimum atomic E-state index is 0.552. The van der Waals surface area contributed by atoms with Gasteiger partial charge in [-0.1, -0.05) is 158 Å². The molecule has 0 aliphatic heterocycles. The Morgan fingerprint density at radius 3 is 1.50 bits per heavy atom. The van der Waals surface area contributed by atoms with Crippen molar-refractivity contribution in [3.63, 3.8) is 0 Å². The first-order valence-corrected chi connectivity index (χ1v) is 20.1. The molecular weight excluding hydrogens is 735 g/mol. The summed E-state index contributed by atoms with van der Waals surface area (Å²) in [5.41, 5.74) is 12.5. The van der Waals surface area contributed by atoms with E-state index in [2.05, 4.69) is 164 Å². The van der Waals surface area contributed by atoms with Crippen LogP contribution in [0.15, 0.2) is 209 Å². The maximum atomic E-state index is 6.90. The topological polar surface area (TPSA) is 65.0 Å². The van der Waals surface area contributed by atoms with E-state index < -0.39 is 0 Å². The van der Waals surface area contributed by atoms with Crippen molar-refractivity contribution in [3.05, 3.63) is 200 Å². The summed E-state index contributed by atoms with van der Waals surface area (Å²) in [6, 6.07) is 69.3. The maximum Gasteiger partial charge on any atom is 0.164 e. The molecule has 12 aromatic rings. The Hall–Kier alpha value is -8.15. The van der Waals surface area contributed by atoms with Crippen molar-refractivity contribution in [2.75, 3.05) is 0 Å². The second-order valence-electron chi connectivity index (χ2n) is 15.2. The predicted molar refractivity (Wildman–Crippen MR) is 245 cm³/mol. The Morgan fingerprint density at radius 2 is 0.783 bits per heavy atom. The van der Waals surface area contributed by atoms with Gasteiger partial charge in [0.1, 0.15) is 22.3 Å². The smallest absolute Gasteiger partial charge is 0.164 e. The molecule has 0 bridgehead atoms. The zero-order chi connectivity index (χ0) is 39.6. The van der Waals surface area contributed by atoms with Crippen LogP contribution in [0, 0.1) is 0 Å². The molecule has 0 aliphatic rings. The van der Waals surface area contributed by atoms with Crippen LogP contribution in [0.3, 0.4) is 0 Å². The highest BCUT2D eigenvalue weighted by Crippen LogP contribution is 2.43. The number of para-hydroxylation sites is 1. The Morgan fingerprint density at radius 1 is 0.283 bits per heavy atom. The first kappa shape index (κ1) is 33.9. The van der Waals surface area contributed by atoms with Crippen LogP contribution >= 0.6 is 0 Å². The van der Waals surface area contributed by atoms with E-state index in [1.807, 2.05) is 36.4 Å². The fourth-order valence-electron chi connectivity index (χ4n) is 8.51. The number of aromatic nitrogens is 3. The van der Waals surface area contributed by atoms with Gasteiger partial charge in [-0.25, -0.2) is 15.0 Å². The molecule has 0 radical (unpaired) electrons. The van der Waals surface area contributed by atoms with Crippen molar-refractivity contribution in [3.8, 4) is 67.5 Å². The lowest BCUT2D eigenvalue weighted by Gasteiger charge is -2.11. The van der Waals surface area contributed by atoms with Gasteiger partial charge in [-0.2, -0.15) is 0 Å². The second-order valence-corrected chi connectivity index (χ2v) is 15.2. The number of hydrogen-bond acceptors (Lipinski definition) is 5. The summed E-state index contributed by atoms with van der Waals surface area (Å²) in [5, 5.41) is 6.32. The Bertz CT molecular complexity index is 3570. The maximum absolute atomic E-state index is 6.90. The lowest BCUT2D eigenvalue weighted by atomic mass is 9.95. The molecule has 0 amide bonds. The first-order valence-electron chi connectivity index (χ1n) is 20.1. The summed E-state index contributed by atoms with van der Waals surface area (Å²) in [4.78, 5) is 15.7. The normalized spacial score (nSPS) is 11.7. The van der Waals surface area contributed by atoms with Gasteiger partial charge in [-0.05, 0) is 81.1 Å². The summed E-state index contributed by atoms with van der Waals surface area (Å²) in [7, 11) is 0. The highest BCUT2D eigenvalue weighted by atomic mass is 16.3. The standard InChI is InChI=1S/C55H33N3O2/c1-3-11-34(12-4-1)36-19-23-38(24-20-36)43-29-30-46(51-47-31-40-15-7-8-16-41(40)32-50(47)60-52(43)51)55-57-53(39-25-21-37(22-26-39)35-13-5-2-6-14-35)56-54(58-55)42-27-28-45-44-17-9-10-18-48(44)59-49(45)33-42/h1-33H. The largest absolute Gasteiger partial charge is 0.456 e. The first-order chi connectivity index (χ1) is 29.7. The number of benzene rings is 9. The average molecular weight is 768 g/mol. The Labute approximate surface area is 344 Å². The van der Waals surface area contributed by atoms with Gasteiger partial charge in [0.2, 0.25) is 0 Å². The fraction of sp³-hybridized carbons (Fsp3) is 0. The quantitative estimate of drug-likeness (QED) is 0.169. The van der Waals surface area contributed by atoms with Crippen molar-refractivity contribution in [2.45, 2.75) is 0 Å². The molecule has 5 nitrogen and oxygen atoms in total. The zero-order valence-electron chi connectivity index (χ0n) is 32.2. The molecule has 0 unspecified atom stereocenters. The van der Waals surface area contributed by atoms with Crippen molar-refractivity contribution in [1.82, 2.24) is 15.0 Å². The molecule has 60 heavy (non-hydrogen) atoms. The van der Waals surface area contributed by atoms with Crippen LogP contribution in [-0.2, 0) is 0 Å². The predicted octanol–water partition coefficient (Wildman–Crippen LogP) is 14.8. The van der Waals surface area contributed by atoms with Crippen LogP contribution in [0.2, 0.25) is 0 Å². The summed E-state index contributed by atoms with van der Waals surface area (Å²) < 4.78 is 13.2. The van der Waals surface area contributed by atoms with Gasteiger partial charge in [0.05, 0.1) is 0 Å². The van der Waals surface area contributed by atoms with E-state index in [1.54, 1.807) is 0 Å². The molecule has 5 heteroatoms. The van der Waals surface area contributed by atoms with E-state index in [0.717, 1.165) is 99.2 Å². The second kappa shape index (κ2) is 13.8. The molecule has 3 aromatic heterocycles. The van der Waals surface area contributed by atoms with Crippen LogP contribution in [0.5, 0.6) is 0 Å². The summed E-state index contributed by atoms with van der Waals surface area (Å²) in [5.74, 6) is 1.68. The minimum absolute atomic E-state index is 0.552. The Kier molecular flexibility index (Phi) is 7.78. The lowest BCUT2D eigenvalue weighted by Crippen LogP contribution is -2.00. The van der Waals surface area contributed by atoms with Crippen LogP contribution < -0.4 is 0 Å². The average Bonchev–Trinajstić information content (AvgIpc) is 3.89. The van der Waals surface area contributed by atoms with Gasteiger partial charge in [0.25, 0.3) is 0 Å². The van der Waals surface area contributed by atoms with Crippen molar-refractivity contribution >= 4 is 54.6 Å². The number of hydrogen-bond donors (Lipinski definition) is 0. The van der Waals surface area contributed by atoms with Gasteiger partial charge in [0.15, 0.2) is 17.5 Å². The third-order valence-corrected chi connectivity index (χ3v) is 11.6. The zero-order valence-corrected chi connectivity index (χ0v) is 32.2. The number of nitrogens with zero attached hydrogens (tertiary/aromatic N) is 3. The summed E-state index contributed by atoms with van der Waals surface area (Å²) in [6.07, 6.45) is 0. The molecule has 0 saturated carbocycles. The molecule has 12 rings (SSSR count). The van der Waals surface area contributed by atoms with Gasteiger partial charge in [-0.15, -0.1) is 0 Å². The molecule has 280 valence electrons. The Balaban J connectivity index is 1.08. The van der Waals surface area contributed by atoms with Crippen LogP contribution in [-0.4, -0.2) is 15.0 Å². The minimum Gasteiger partial charge on any atom is -0.456 e. The van der Waals surface area contributed by atoms with Gasteiger partial charge in [-0.3, -0.25) is 0 Å². The van der Waals surface area contributed by atoms with Crippen LogP contribution in [0.4, 0.5) is 0 Å². The third-order valence-electron chi connectivity index (χ3n) is 11.6. The molecular formula is C55H33N3O2. The number of rotatable bonds is 6. The fourth-order valence-corrected chi connectivity index (χ4v) is 8.51. The molecule has 0 atom stereocenters. The van der Waals surface area contributed by atoms with E-state index in [4.69, 9.17) is 23.8 Å². The van der Waals surface area contributed by atoms with Gasteiger partial charge >= 0.3 is 0 Å². The number of fused-ring (bicyclic) bond motifs is 7. The molecule has 0 aliphatic carbocycles. The van der Waals surface area contributed by atoms with Gasteiger partial charge < -0.3 is 8.83 Å².